The molecular weight excluding hydrogens is 316 g/mol. The van der Waals surface area contributed by atoms with E-state index in [1.807, 2.05) is 13.0 Å². The van der Waals surface area contributed by atoms with Crippen LogP contribution < -0.4 is 19.5 Å². The lowest BCUT2D eigenvalue weighted by Gasteiger charge is -2.19. The third kappa shape index (κ3) is 3.76. The summed E-state index contributed by atoms with van der Waals surface area (Å²) < 4.78 is 42.9. The Morgan fingerprint density at radius 3 is 2.25 bits per heavy atom. The van der Waals surface area contributed by atoms with Gasteiger partial charge in [0.25, 0.3) is 0 Å². The highest BCUT2D eigenvalue weighted by Crippen LogP contribution is 2.39. The van der Waals surface area contributed by atoms with Gasteiger partial charge >= 0.3 is 0 Å². The molecule has 2 aromatic carbocycles. The topological polar surface area (TPSA) is 39.7 Å². The number of rotatable bonds is 7. The number of ether oxygens (including phenoxy) is 3. The Balaban J connectivity index is 2.19. The van der Waals surface area contributed by atoms with Crippen molar-refractivity contribution in [2.24, 2.45) is 0 Å². The monoisotopic (exact) mass is 337 g/mol. The summed E-state index contributed by atoms with van der Waals surface area (Å²) in [5, 5.41) is 3.20. The highest BCUT2D eigenvalue weighted by Gasteiger charge is 2.17. The summed E-state index contributed by atoms with van der Waals surface area (Å²) in [4.78, 5) is 0. The van der Waals surface area contributed by atoms with E-state index in [2.05, 4.69) is 5.32 Å². The van der Waals surface area contributed by atoms with Crippen LogP contribution >= 0.6 is 0 Å². The van der Waals surface area contributed by atoms with Crippen LogP contribution in [0.2, 0.25) is 0 Å². The van der Waals surface area contributed by atoms with Crippen LogP contribution in [0.1, 0.15) is 24.1 Å². The van der Waals surface area contributed by atoms with Gasteiger partial charge < -0.3 is 19.5 Å². The second-order valence-electron chi connectivity index (χ2n) is 5.26. The van der Waals surface area contributed by atoms with Crippen molar-refractivity contribution in [1.29, 1.82) is 0 Å². The van der Waals surface area contributed by atoms with Crippen LogP contribution in [0.25, 0.3) is 0 Å². The summed E-state index contributed by atoms with van der Waals surface area (Å²) in [5.74, 6) is 0.450. The molecule has 1 N–H and O–H groups in total. The molecule has 0 fully saturated rings. The molecule has 6 heteroatoms. The van der Waals surface area contributed by atoms with E-state index >= 15 is 0 Å². The smallest absolute Gasteiger partial charge is 0.203 e. The van der Waals surface area contributed by atoms with Crippen molar-refractivity contribution in [2.75, 3.05) is 21.3 Å². The molecule has 24 heavy (non-hydrogen) atoms. The van der Waals surface area contributed by atoms with Gasteiger partial charge in [0.05, 0.1) is 21.3 Å². The van der Waals surface area contributed by atoms with Gasteiger partial charge in [0, 0.05) is 29.8 Å². The molecule has 0 radical (unpaired) electrons. The van der Waals surface area contributed by atoms with E-state index in [0.717, 1.165) is 11.6 Å². The molecule has 0 aliphatic carbocycles. The Bertz CT molecular complexity index is 707. The summed E-state index contributed by atoms with van der Waals surface area (Å²) in [6.45, 7) is 2.23. The first-order chi connectivity index (χ1) is 11.5. The van der Waals surface area contributed by atoms with Crippen LogP contribution in [0.3, 0.4) is 0 Å². The molecule has 130 valence electrons. The number of benzene rings is 2. The van der Waals surface area contributed by atoms with Crippen LogP contribution in [0.5, 0.6) is 17.2 Å². The number of hydrogen-bond acceptors (Lipinski definition) is 4. The summed E-state index contributed by atoms with van der Waals surface area (Å²) >= 11 is 0. The number of hydrogen-bond donors (Lipinski definition) is 1. The lowest BCUT2D eigenvalue weighted by molar-refractivity contribution is 0.321. The quantitative estimate of drug-likeness (QED) is 0.833. The van der Waals surface area contributed by atoms with E-state index in [1.165, 1.54) is 19.2 Å². The Kier molecular flexibility index (Phi) is 5.98. The van der Waals surface area contributed by atoms with Gasteiger partial charge in [0.2, 0.25) is 5.75 Å². The van der Waals surface area contributed by atoms with E-state index < -0.39 is 11.6 Å². The highest BCUT2D eigenvalue weighted by atomic mass is 19.1. The highest BCUT2D eigenvalue weighted by molar-refractivity contribution is 5.55. The van der Waals surface area contributed by atoms with E-state index in [1.54, 1.807) is 20.3 Å². The molecule has 0 bridgehead atoms. The lowest BCUT2D eigenvalue weighted by Crippen LogP contribution is -2.19. The molecule has 2 rings (SSSR count). The van der Waals surface area contributed by atoms with Crippen LogP contribution in [-0.2, 0) is 6.54 Å². The van der Waals surface area contributed by atoms with E-state index in [0.29, 0.717) is 29.4 Å². The molecule has 1 unspecified atom stereocenters. The second kappa shape index (κ2) is 7.97. The third-order valence-corrected chi connectivity index (χ3v) is 3.81. The SMILES string of the molecule is COc1ccc(CNC(C)c2ccc(F)cc2F)c(OC)c1OC. The Morgan fingerprint density at radius 2 is 1.67 bits per heavy atom. The van der Waals surface area contributed by atoms with Crippen molar-refractivity contribution in [2.45, 2.75) is 19.5 Å². The van der Waals surface area contributed by atoms with Crippen molar-refractivity contribution >= 4 is 0 Å². The Labute approximate surface area is 140 Å². The van der Waals surface area contributed by atoms with Crippen molar-refractivity contribution in [3.8, 4) is 17.2 Å². The van der Waals surface area contributed by atoms with Crippen LogP contribution in [0.15, 0.2) is 30.3 Å². The molecule has 1 atom stereocenters. The second-order valence-corrected chi connectivity index (χ2v) is 5.26. The van der Waals surface area contributed by atoms with Gasteiger partial charge in [0.1, 0.15) is 11.6 Å². The maximum absolute atomic E-state index is 13.8. The van der Waals surface area contributed by atoms with Gasteiger partial charge in [0.15, 0.2) is 11.5 Å². The van der Waals surface area contributed by atoms with Gasteiger partial charge in [-0.3, -0.25) is 0 Å². The molecule has 2 aromatic rings. The van der Waals surface area contributed by atoms with Crippen molar-refractivity contribution in [3.63, 3.8) is 0 Å². The number of halogens is 2. The average molecular weight is 337 g/mol. The summed E-state index contributed by atoms with van der Waals surface area (Å²) in [7, 11) is 4.63. The zero-order chi connectivity index (χ0) is 17.7. The van der Waals surface area contributed by atoms with E-state index in [9.17, 15) is 8.78 Å². The fourth-order valence-electron chi connectivity index (χ4n) is 2.53. The first-order valence-electron chi connectivity index (χ1n) is 7.48. The molecule has 0 aliphatic heterocycles. The minimum Gasteiger partial charge on any atom is -0.493 e. The molecular formula is C18H21F2NO3. The van der Waals surface area contributed by atoms with E-state index in [4.69, 9.17) is 14.2 Å². The van der Waals surface area contributed by atoms with Crippen molar-refractivity contribution in [1.82, 2.24) is 5.32 Å². The number of methoxy groups -OCH3 is 3. The van der Waals surface area contributed by atoms with Gasteiger partial charge in [-0.15, -0.1) is 0 Å². The van der Waals surface area contributed by atoms with Crippen LogP contribution in [0.4, 0.5) is 8.78 Å². The zero-order valence-electron chi connectivity index (χ0n) is 14.2. The molecule has 0 heterocycles. The largest absolute Gasteiger partial charge is 0.493 e. The summed E-state index contributed by atoms with van der Waals surface area (Å²) in [6.07, 6.45) is 0. The normalized spacial score (nSPS) is 11.9. The fourth-order valence-corrected chi connectivity index (χ4v) is 2.53. The van der Waals surface area contributed by atoms with Crippen LogP contribution in [-0.4, -0.2) is 21.3 Å². The molecule has 0 aliphatic rings. The molecule has 0 aromatic heterocycles. The minimum absolute atomic E-state index is 0.302. The predicted octanol–water partition coefficient (Wildman–Crippen LogP) is 3.84. The first-order valence-corrected chi connectivity index (χ1v) is 7.48. The van der Waals surface area contributed by atoms with Crippen molar-refractivity contribution in [3.05, 3.63) is 53.1 Å². The average Bonchev–Trinajstić information content (AvgIpc) is 2.58. The fraction of sp³-hybridized carbons (Fsp3) is 0.333. The molecule has 0 saturated heterocycles. The van der Waals surface area contributed by atoms with Crippen LogP contribution in [0, 0.1) is 11.6 Å². The molecule has 4 nitrogen and oxygen atoms in total. The van der Waals surface area contributed by atoms with Gasteiger partial charge in [-0.2, -0.15) is 0 Å². The zero-order valence-corrected chi connectivity index (χ0v) is 14.2. The predicted molar refractivity (Wildman–Crippen MR) is 87.7 cm³/mol. The first kappa shape index (κ1) is 18.0. The van der Waals surface area contributed by atoms with Crippen molar-refractivity contribution < 1.29 is 23.0 Å². The maximum Gasteiger partial charge on any atom is 0.203 e. The molecule has 0 spiro atoms. The number of nitrogens with one attached hydrogen (secondary N) is 1. The standard InChI is InChI=1S/C18H21F2NO3/c1-11(14-7-6-13(19)9-15(14)20)21-10-12-5-8-16(22-2)18(24-4)17(12)23-3/h5-9,11,21H,10H2,1-4H3. The lowest BCUT2D eigenvalue weighted by atomic mass is 10.1. The Morgan fingerprint density at radius 1 is 0.958 bits per heavy atom. The maximum atomic E-state index is 13.8. The summed E-state index contributed by atoms with van der Waals surface area (Å²) in [5.41, 5.74) is 1.24. The van der Waals surface area contributed by atoms with Gasteiger partial charge in [-0.25, -0.2) is 8.78 Å². The summed E-state index contributed by atoms with van der Waals surface area (Å²) in [6, 6.07) is 6.89. The molecule has 0 saturated carbocycles. The third-order valence-electron chi connectivity index (χ3n) is 3.81. The minimum atomic E-state index is -0.593. The van der Waals surface area contributed by atoms with Gasteiger partial charge in [-0.1, -0.05) is 12.1 Å². The van der Waals surface area contributed by atoms with Gasteiger partial charge in [-0.05, 0) is 19.1 Å². The molecule has 0 amide bonds. The van der Waals surface area contributed by atoms with E-state index in [-0.39, 0.29) is 6.04 Å². The Hall–Kier alpha value is -2.34.